The zero-order chi connectivity index (χ0) is 21.1. The van der Waals surface area contributed by atoms with Crippen LogP contribution in [0.1, 0.15) is 31.8 Å². The second kappa shape index (κ2) is 8.14. The SMILES string of the molecule is Cc1ccc(NC(=O)c2cncc(C(=O)Nc3ccc(F)c(F)c3F)c2)cc1C. The van der Waals surface area contributed by atoms with Gasteiger partial charge in [-0.2, -0.15) is 0 Å². The van der Waals surface area contributed by atoms with E-state index < -0.39 is 35.0 Å². The first kappa shape index (κ1) is 20.1. The fourth-order valence-corrected chi connectivity index (χ4v) is 2.53. The molecule has 0 unspecified atom stereocenters. The van der Waals surface area contributed by atoms with Crippen LogP contribution in [0.3, 0.4) is 0 Å². The number of hydrogen-bond donors (Lipinski definition) is 2. The van der Waals surface area contributed by atoms with Crippen LogP contribution >= 0.6 is 0 Å². The summed E-state index contributed by atoms with van der Waals surface area (Å²) in [7, 11) is 0. The predicted octanol–water partition coefficient (Wildman–Crippen LogP) is 4.62. The van der Waals surface area contributed by atoms with Crippen LogP contribution in [0.4, 0.5) is 24.5 Å². The monoisotopic (exact) mass is 399 g/mol. The number of nitrogens with one attached hydrogen (secondary N) is 2. The number of hydrogen-bond acceptors (Lipinski definition) is 3. The van der Waals surface area contributed by atoms with Crippen LogP contribution in [0, 0.1) is 31.3 Å². The summed E-state index contributed by atoms with van der Waals surface area (Å²) in [5.41, 5.74) is 2.18. The molecule has 0 fully saturated rings. The van der Waals surface area contributed by atoms with E-state index in [0.29, 0.717) is 11.8 Å². The molecule has 0 bridgehead atoms. The Balaban J connectivity index is 1.78. The van der Waals surface area contributed by atoms with Crippen LogP contribution in [0.2, 0.25) is 0 Å². The van der Waals surface area contributed by atoms with Crippen LogP contribution in [0.15, 0.2) is 48.8 Å². The minimum atomic E-state index is -1.69. The van der Waals surface area contributed by atoms with Crippen molar-refractivity contribution in [1.29, 1.82) is 0 Å². The van der Waals surface area contributed by atoms with Gasteiger partial charge in [0.15, 0.2) is 17.5 Å². The normalized spacial score (nSPS) is 10.5. The number of carbonyl (C=O) groups excluding carboxylic acids is 2. The highest BCUT2D eigenvalue weighted by molar-refractivity contribution is 6.08. The lowest BCUT2D eigenvalue weighted by molar-refractivity contribution is 0.102. The van der Waals surface area contributed by atoms with Crippen molar-refractivity contribution in [1.82, 2.24) is 4.98 Å². The van der Waals surface area contributed by atoms with Crippen molar-refractivity contribution in [3.63, 3.8) is 0 Å². The third-order valence-corrected chi connectivity index (χ3v) is 4.31. The smallest absolute Gasteiger partial charge is 0.257 e. The molecule has 3 rings (SSSR count). The number of anilines is 2. The molecular weight excluding hydrogens is 383 g/mol. The van der Waals surface area contributed by atoms with Gasteiger partial charge in [-0.1, -0.05) is 6.07 Å². The number of aryl methyl sites for hydroxylation is 2. The van der Waals surface area contributed by atoms with Gasteiger partial charge in [-0.25, -0.2) is 13.2 Å². The lowest BCUT2D eigenvalue weighted by Gasteiger charge is -2.09. The molecule has 0 saturated carbocycles. The van der Waals surface area contributed by atoms with Gasteiger partial charge in [-0.05, 0) is 55.3 Å². The summed E-state index contributed by atoms with van der Waals surface area (Å²) in [6.45, 7) is 3.86. The summed E-state index contributed by atoms with van der Waals surface area (Å²) in [6.07, 6.45) is 2.44. The van der Waals surface area contributed by atoms with E-state index >= 15 is 0 Å². The van der Waals surface area contributed by atoms with Crippen LogP contribution < -0.4 is 10.6 Å². The van der Waals surface area contributed by atoms with Gasteiger partial charge >= 0.3 is 0 Å². The maximum atomic E-state index is 13.7. The molecule has 0 atom stereocenters. The highest BCUT2D eigenvalue weighted by Gasteiger charge is 2.17. The molecule has 2 N–H and O–H groups in total. The van der Waals surface area contributed by atoms with Gasteiger partial charge in [0.2, 0.25) is 0 Å². The lowest BCUT2D eigenvalue weighted by atomic mass is 10.1. The number of halogens is 3. The van der Waals surface area contributed by atoms with Gasteiger partial charge < -0.3 is 10.6 Å². The third-order valence-electron chi connectivity index (χ3n) is 4.31. The summed E-state index contributed by atoms with van der Waals surface area (Å²) in [5, 5.41) is 4.83. The molecule has 0 aliphatic carbocycles. The Bertz CT molecular complexity index is 1120. The zero-order valence-electron chi connectivity index (χ0n) is 15.5. The van der Waals surface area contributed by atoms with Gasteiger partial charge in [0.05, 0.1) is 16.8 Å². The van der Waals surface area contributed by atoms with Crippen molar-refractivity contribution in [2.45, 2.75) is 13.8 Å². The molecule has 148 valence electrons. The number of aromatic nitrogens is 1. The standard InChI is InChI=1S/C21H16F3N3O2/c1-11-3-4-15(7-12(11)2)26-20(28)13-8-14(10-25-9-13)21(29)27-17-6-5-16(22)18(23)19(17)24/h3-10H,1-2H3,(H,26,28)(H,27,29). The zero-order valence-corrected chi connectivity index (χ0v) is 15.5. The van der Waals surface area contributed by atoms with Crippen molar-refractivity contribution in [3.05, 3.63) is 88.5 Å². The van der Waals surface area contributed by atoms with Gasteiger partial charge in [-0.15, -0.1) is 0 Å². The number of pyridine rings is 1. The Kier molecular flexibility index (Phi) is 5.63. The Morgan fingerprint density at radius 3 is 2.10 bits per heavy atom. The molecule has 2 amide bonds. The van der Waals surface area contributed by atoms with E-state index in [4.69, 9.17) is 0 Å². The van der Waals surface area contributed by atoms with Crippen LogP contribution in [-0.4, -0.2) is 16.8 Å². The maximum absolute atomic E-state index is 13.7. The van der Waals surface area contributed by atoms with Crippen molar-refractivity contribution >= 4 is 23.2 Å². The van der Waals surface area contributed by atoms with Crippen molar-refractivity contribution in [2.75, 3.05) is 10.6 Å². The largest absolute Gasteiger partial charge is 0.322 e. The summed E-state index contributed by atoms with van der Waals surface area (Å²) in [6, 6.07) is 8.27. The minimum Gasteiger partial charge on any atom is -0.322 e. The molecule has 2 aromatic carbocycles. The number of rotatable bonds is 4. The number of benzene rings is 2. The molecule has 8 heteroatoms. The summed E-state index contributed by atoms with van der Waals surface area (Å²) >= 11 is 0. The van der Waals surface area contributed by atoms with Crippen molar-refractivity contribution < 1.29 is 22.8 Å². The molecule has 1 aromatic heterocycles. The number of carbonyl (C=O) groups is 2. The second-order valence-electron chi connectivity index (χ2n) is 6.39. The van der Waals surface area contributed by atoms with E-state index in [9.17, 15) is 22.8 Å². The summed E-state index contributed by atoms with van der Waals surface area (Å²) < 4.78 is 40.1. The summed E-state index contributed by atoms with van der Waals surface area (Å²) in [5.74, 6) is -5.90. The Morgan fingerprint density at radius 2 is 1.45 bits per heavy atom. The third kappa shape index (κ3) is 4.43. The van der Waals surface area contributed by atoms with Crippen molar-refractivity contribution in [2.24, 2.45) is 0 Å². The van der Waals surface area contributed by atoms with E-state index in [-0.39, 0.29) is 11.1 Å². The Hall–Kier alpha value is -3.68. The maximum Gasteiger partial charge on any atom is 0.257 e. The van der Waals surface area contributed by atoms with Gasteiger partial charge in [0, 0.05) is 18.1 Å². The lowest BCUT2D eigenvalue weighted by Crippen LogP contribution is -2.17. The van der Waals surface area contributed by atoms with Crippen LogP contribution in [0.25, 0.3) is 0 Å². The topological polar surface area (TPSA) is 71.1 Å². The quantitative estimate of drug-likeness (QED) is 0.629. The molecule has 0 spiro atoms. The fourth-order valence-electron chi connectivity index (χ4n) is 2.53. The average Bonchev–Trinajstić information content (AvgIpc) is 2.71. The molecule has 0 aliphatic rings. The highest BCUT2D eigenvalue weighted by atomic mass is 19.2. The number of nitrogens with zero attached hydrogens (tertiary/aromatic N) is 1. The van der Waals surface area contributed by atoms with Crippen molar-refractivity contribution in [3.8, 4) is 0 Å². The molecule has 3 aromatic rings. The second-order valence-corrected chi connectivity index (χ2v) is 6.39. The first-order chi connectivity index (χ1) is 13.8. The first-order valence-corrected chi connectivity index (χ1v) is 8.55. The Morgan fingerprint density at radius 1 is 0.793 bits per heavy atom. The Labute approximate surface area is 164 Å². The van der Waals surface area contributed by atoms with Gasteiger partial charge in [0.1, 0.15) is 0 Å². The van der Waals surface area contributed by atoms with E-state index in [1.807, 2.05) is 26.0 Å². The molecule has 29 heavy (non-hydrogen) atoms. The summed E-state index contributed by atoms with van der Waals surface area (Å²) in [4.78, 5) is 28.6. The first-order valence-electron chi connectivity index (χ1n) is 8.55. The minimum absolute atomic E-state index is 0.0538. The fraction of sp³-hybridized carbons (Fsp3) is 0.0952. The number of amides is 2. The van der Waals surface area contributed by atoms with Gasteiger partial charge in [-0.3, -0.25) is 14.6 Å². The molecule has 0 aliphatic heterocycles. The highest BCUT2D eigenvalue weighted by Crippen LogP contribution is 2.20. The predicted molar refractivity (Wildman–Crippen MR) is 102 cm³/mol. The van der Waals surface area contributed by atoms with E-state index in [1.165, 1.54) is 18.5 Å². The molecule has 0 saturated heterocycles. The molecule has 0 radical (unpaired) electrons. The van der Waals surface area contributed by atoms with E-state index in [1.54, 1.807) is 6.07 Å². The van der Waals surface area contributed by atoms with Crippen LogP contribution in [-0.2, 0) is 0 Å². The molecule has 5 nitrogen and oxygen atoms in total. The van der Waals surface area contributed by atoms with Crippen LogP contribution in [0.5, 0.6) is 0 Å². The molecular formula is C21H16F3N3O2. The average molecular weight is 399 g/mol. The van der Waals surface area contributed by atoms with E-state index in [0.717, 1.165) is 17.2 Å². The van der Waals surface area contributed by atoms with Gasteiger partial charge in [0.25, 0.3) is 11.8 Å². The van der Waals surface area contributed by atoms with E-state index in [2.05, 4.69) is 15.6 Å². The molecule has 1 heterocycles.